The van der Waals surface area contributed by atoms with E-state index in [9.17, 15) is 4.57 Å². The van der Waals surface area contributed by atoms with E-state index in [2.05, 4.69) is 9.97 Å². The maximum atomic E-state index is 12.9. The maximum Gasteiger partial charge on any atom is 0.474 e. The van der Waals surface area contributed by atoms with Crippen LogP contribution in [0.5, 0.6) is 0 Å². The molecule has 2 aromatic rings. The molecule has 2 N–H and O–H groups in total. The minimum atomic E-state index is -3.58. The van der Waals surface area contributed by atoms with E-state index in [1.165, 1.54) is 0 Å². The lowest BCUT2D eigenvalue weighted by Crippen LogP contribution is -2.17. The molecule has 3 rings (SSSR count). The van der Waals surface area contributed by atoms with Crippen LogP contribution in [0.1, 0.15) is 58.6 Å². The summed E-state index contributed by atoms with van der Waals surface area (Å²) < 4.78 is 37.5. The molecule has 0 bridgehead atoms. The number of hydrogen-bond acceptors (Lipinski definition) is 8. The molecule has 29 heavy (non-hydrogen) atoms. The molecular weight excluding hydrogens is 395 g/mol. The van der Waals surface area contributed by atoms with Crippen molar-refractivity contribution in [1.29, 1.82) is 0 Å². The third kappa shape index (κ3) is 5.77. The van der Waals surface area contributed by atoms with Gasteiger partial charge < -0.3 is 15.0 Å². The fourth-order valence-corrected chi connectivity index (χ4v) is 4.43. The zero-order valence-electron chi connectivity index (χ0n) is 17.2. The number of nitrogens with zero attached hydrogens (tertiary/aromatic N) is 3. The van der Waals surface area contributed by atoms with E-state index in [0.29, 0.717) is 24.5 Å². The molecule has 0 aliphatic carbocycles. The summed E-state index contributed by atoms with van der Waals surface area (Å²) in [6.45, 7) is 4.95. The lowest BCUT2D eigenvalue weighted by Gasteiger charge is -2.20. The lowest BCUT2D eigenvalue weighted by molar-refractivity contribution is -0.0243. The van der Waals surface area contributed by atoms with Gasteiger partial charge in [-0.05, 0) is 31.7 Å². The Bertz CT molecular complexity index is 816. The van der Waals surface area contributed by atoms with Gasteiger partial charge in [0.25, 0.3) is 0 Å². The number of fused-ring (bicyclic) bond motifs is 1. The van der Waals surface area contributed by atoms with Crippen LogP contribution in [0.25, 0.3) is 11.0 Å². The minimum absolute atomic E-state index is 0.155. The summed E-state index contributed by atoms with van der Waals surface area (Å²) in [4.78, 5) is 8.40. The molecule has 1 aliphatic rings. The molecule has 0 spiro atoms. The number of aromatic nitrogens is 3. The molecule has 0 saturated carbocycles. The second-order valence-electron chi connectivity index (χ2n) is 7.12. The van der Waals surface area contributed by atoms with Gasteiger partial charge in [0.1, 0.15) is 11.7 Å². The number of anilines is 1. The van der Waals surface area contributed by atoms with Crippen LogP contribution in [-0.2, 0) is 22.9 Å². The van der Waals surface area contributed by atoms with Crippen LogP contribution in [0.4, 0.5) is 5.82 Å². The lowest BCUT2D eigenvalue weighted by atomic mass is 10.2. The average Bonchev–Trinajstić information content (AvgIpc) is 3.34. The molecule has 2 atom stereocenters. The largest absolute Gasteiger partial charge is 0.474 e. The number of ether oxygens (including phenoxy) is 1. The molecule has 1 aliphatic heterocycles. The van der Waals surface area contributed by atoms with Crippen molar-refractivity contribution in [3.8, 4) is 0 Å². The molecule has 3 heterocycles. The molecule has 0 unspecified atom stereocenters. The number of pyridine rings is 1. The molecule has 0 amide bonds. The van der Waals surface area contributed by atoms with Crippen LogP contribution in [0, 0.1) is 0 Å². The summed E-state index contributed by atoms with van der Waals surface area (Å²) in [5.74, 6) is 0.397. The average molecular weight is 426 g/mol. The first-order valence-corrected chi connectivity index (χ1v) is 11.8. The first kappa shape index (κ1) is 22.2. The predicted octanol–water partition coefficient (Wildman–Crippen LogP) is 4.45. The second kappa shape index (κ2) is 10.5. The Morgan fingerprint density at radius 2 is 1.90 bits per heavy atom. The molecule has 0 radical (unpaired) electrons. The Morgan fingerprint density at radius 3 is 2.59 bits per heavy atom. The SMILES string of the molecule is CCCCOP(=O)(OCCCC)OC[C@@H]1CC[C@H](n2cnc3c(N)nccc32)O1. The number of nitrogens with two attached hydrogens (primary N) is 1. The van der Waals surface area contributed by atoms with Crippen molar-refractivity contribution < 1.29 is 22.9 Å². The monoisotopic (exact) mass is 426 g/mol. The highest BCUT2D eigenvalue weighted by Gasteiger charge is 2.32. The van der Waals surface area contributed by atoms with Gasteiger partial charge in [-0.3, -0.25) is 13.6 Å². The zero-order chi connectivity index (χ0) is 20.7. The minimum Gasteiger partial charge on any atom is -0.382 e. The Kier molecular flexibility index (Phi) is 8.03. The van der Waals surface area contributed by atoms with E-state index in [0.717, 1.165) is 44.0 Å². The van der Waals surface area contributed by atoms with Crippen LogP contribution in [-0.4, -0.2) is 40.5 Å². The third-order valence-corrected chi connectivity index (χ3v) is 6.29. The summed E-state index contributed by atoms with van der Waals surface area (Å²) in [5, 5.41) is 0. The van der Waals surface area contributed by atoms with E-state index in [4.69, 9.17) is 24.0 Å². The van der Waals surface area contributed by atoms with Crippen molar-refractivity contribution in [2.75, 3.05) is 25.6 Å². The number of hydrogen-bond donors (Lipinski definition) is 1. The zero-order valence-corrected chi connectivity index (χ0v) is 18.1. The highest BCUT2D eigenvalue weighted by atomic mass is 31.2. The second-order valence-corrected chi connectivity index (χ2v) is 8.79. The van der Waals surface area contributed by atoms with Crippen LogP contribution < -0.4 is 5.73 Å². The van der Waals surface area contributed by atoms with Gasteiger partial charge in [-0.25, -0.2) is 14.5 Å². The highest BCUT2D eigenvalue weighted by Crippen LogP contribution is 2.50. The molecule has 2 aromatic heterocycles. The van der Waals surface area contributed by atoms with E-state index in [1.54, 1.807) is 12.5 Å². The number of imidazole rings is 1. The number of unbranched alkanes of at least 4 members (excludes halogenated alkanes) is 2. The standard InChI is InChI=1S/C19H31N4O5P/c1-3-5-11-25-29(24,26-12-6-4-2)27-13-15-7-8-17(28-15)23-14-22-18-16(23)9-10-21-19(18)20/h9-10,14-15,17H,3-8,11-13H2,1-2H3,(H2,20,21)/t15-,17+/m0/s1. The smallest absolute Gasteiger partial charge is 0.382 e. The topological polar surface area (TPSA) is 111 Å². The number of phosphoric ester groups is 1. The summed E-state index contributed by atoms with van der Waals surface area (Å²) in [5.41, 5.74) is 7.42. The predicted molar refractivity (Wildman–Crippen MR) is 110 cm³/mol. The van der Waals surface area contributed by atoms with Crippen LogP contribution in [0.15, 0.2) is 18.6 Å². The van der Waals surface area contributed by atoms with E-state index in [-0.39, 0.29) is 18.9 Å². The Hall–Kier alpha value is -1.51. The van der Waals surface area contributed by atoms with E-state index in [1.807, 2.05) is 24.5 Å². The van der Waals surface area contributed by atoms with Gasteiger partial charge in [-0.15, -0.1) is 0 Å². The summed E-state index contributed by atoms with van der Waals surface area (Å²) in [6.07, 6.45) is 8.05. The molecular formula is C19H31N4O5P. The molecule has 9 nitrogen and oxygen atoms in total. The van der Waals surface area contributed by atoms with Gasteiger partial charge >= 0.3 is 7.82 Å². The normalized spacial score (nSPS) is 19.9. The van der Waals surface area contributed by atoms with Gasteiger partial charge in [-0.1, -0.05) is 26.7 Å². The highest BCUT2D eigenvalue weighted by molar-refractivity contribution is 7.48. The summed E-state index contributed by atoms with van der Waals surface area (Å²) in [6, 6.07) is 1.86. The van der Waals surface area contributed by atoms with Gasteiger partial charge in [-0.2, -0.15) is 0 Å². The van der Waals surface area contributed by atoms with Crippen molar-refractivity contribution in [1.82, 2.24) is 14.5 Å². The van der Waals surface area contributed by atoms with Crippen LogP contribution >= 0.6 is 7.82 Å². The maximum absolute atomic E-state index is 12.9. The Balaban J connectivity index is 1.57. The van der Waals surface area contributed by atoms with E-state index < -0.39 is 7.82 Å². The number of rotatable bonds is 12. The van der Waals surface area contributed by atoms with Gasteiger partial charge in [0.05, 0.1) is 37.8 Å². The van der Waals surface area contributed by atoms with Gasteiger partial charge in [0.2, 0.25) is 0 Å². The van der Waals surface area contributed by atoms with Crippen molar-refractivity contribution in [2.45, 2.75) is 64.7 Å². The summed E-state index contributed by atoms with van der Waals surface area (Å²) in [7, 11) is -3.58. The molecule has 10 heteroatoms. The van der Waals surface area contributed by atoms with Crippen molar-refractivity contribution >= 4 is 24.7 Å². The van der Waals surface area contributed by atoms with Crippen molar-refractivity contribution in [3.05, 3.63) is 18.6 Å². The summed E-state index contributed by atoms with van der Waals surface area (Å²) >= 11 is 0. The Labute approximate surface area is 171 Å². The van der Waals surface area contributed by atoms with Gasteiger partial charge in [0.15, 0.2) is 5.82 Å². The van der Waals surface area contributed by atoms with Crippen molar-refractivity contribution in [2.24, 2.45) is 0 Å². The first-order chi connectivity index (χ1) is 14.1. The Morgan fingerprint density at radius 1 is 1.17 bits per heavy atom. The third-order valence-electron chi connectivity index (χ3n) is 4.83. The van der Waals surface area contributed by atoms with E-state index >= 15 is 0 Å². The molecule has 0 aromatic carbocycles. The molecule has 1 saturated heterocycles. The number of nitrogen functional groups attached to an aromatic ring is 1. The quantitative estimate of drug-likeness (QED) is 0.391. The first-order valence-electron chi connectivity index (χ1n) is 10.3. The molecule has 1 fully saturated rings. The number of phosphoric acid groups is 1. The van der Waals surface area contributed by atoms with Crippen molar-refractivity contribution in [3.63, 3.8) is 0 Å². The fourth-order valence-electron chi connectivity index (χ4n) is 3.15. The fraction of sp³-hybridized carbons (Fsp3) is 0.684. The van der Waals surface area contributed by atoms with Crippen LogP contribution in [0.3, 0.4) is 0 Å². The molecule has 162 valence electrons. The van der Waals surface area contributed by atoms with Crippen LogP contribution in [0.2, 0.25) is 0 Å². The van der Waals surface area contributed by atoms with Gasteiger partial charge in [0, 0.05) is 6.20 Å².